The molecule has 2 heterocycles. The number of hydrogen-bond donors (Lipinski definition) is 0. The van der Waals surface area contributed by atoms with Gasteiger partial charge in [0.15, 0.2) is 0 Å². The molecule has 0 bridgehead atoms. The Morgan fingerprint density at radius 3 is 1.90 bits per heavy atom. The highest BCUT2D eigenvalue weighted by molar-refractivity contribution is 7.19. The van der Waals surface area contributed by atoms with Crippen molar-refractivity contribution in [2.24, 2.45) is 4.99 Å². The maximum atomic E-state index is 13.6. The lowest BCUT2D eigenvalue weighted by Crippen LogP contribution is -2.49. The Kier molecular flexibility index (Phi) is 7.15. The Morgan fingerprint density at radius 2 is 1.26 bits per heavy atom. The summed E-state index contributed by atoms with van der Waals surface area (Å²) < 4.78 is 27.0. The summed E-state index contributed by atoms with van der Waals surface area (Å²) in [5.41, 5.74) is 4.69. The molecule has 1 aliphatic rings. The van der Waals surface area contributed by atoms with Crippen LogP contribution in [-0.2, 0) is 0 Å². The summed E-state index contributed by atoms with van der Waals surface area (Å²) >= 11 is 1.51. The minimum absolute atomic E-state index is 0.227. The molecule has 0 amide bonds. The van der Waals surface area contributed by atoms with Gasteiger partial charge in [-0.15, -0.1) is 0 Å². The highest BCUT2D eigenvalue weighted by Gasteiger charge is 2.23. The van der Waals surface area contributed by atoms with Gasteiger partial charge in [-0.05, 0) is 48.5 Å². The first-order valence-electron chi connectivity index (χ1n) is 12.9. The van der Waals surface area contributed by atoms with Crippen LogP contribution in [0.5, 0.6) is 0 Å². The molecule has 4 aromatic carbocycles. The van der Waals surface area contributed by atoms with Crippen LogP contribution in [0.2, 0.25) is 0 Å². The van der Waals surface area contributed by atoms with Crippen molar-refractivity contribution in [2.45, 2.75) is 0 Å². The predicted octanol–water partition coefficient (Wildman–Crippen LogP) is 7.66. The Bertz CT molecular complexity index is 1560. The molecule has 0 unspecified atom stereocenters. The van der Waals surface area contributed by atoms with Crippen LogP contribution in [-0.4, -0.2) is 41.9 Å². The van der Waals surface area contributed by atoms with Crippen molar-refractivity contribution in [3.8, 4) is 21.8 Å². The van der Waals surface area contributed by atoms with E-state index in [1.54, 1.807) is 12.1 Å². The van der Waals surface area contributed by atoms with Gasteiger partial charge in [-0.3, -0.25) is 0 Å². The molecule has 1 aliphatic heterocycles. The zero-order valence-electron chi connectivity index (χ0n) is 21.2. The number of aromatic nitrogens is 1. The van der Waals surface area contributed by atoms with Gasteiger partial charge in [-0.2, -0.15) is 0 Å². The molecule has 1 fully saturated rings. The number of anilines is 1. The van der Waals surface area contributed by atoms with E-state index in [2.05, 4.69) is 21.9 Å². The molecule has 6 rings (SSSR count). The summed E-state index contributed by atoms with van der Waals surface area (Å²) in [6, 6.07) is 33.3. The van der Waals surface area contributed by atoms with Crippen molar-refractivity contribution in [1.82, 2.24) is 9.88 Å². The minimum Gasteiger partial charge on any atom is -0.368 e. The zero-order valence-corrected chi connectivity index (χ0v) is 22.0. The molecule has 39 heavy (non-hydrogen) atoms. The molecule has 0 N–H and O–H groups in total. The van der Waals surface area contributed by atoms with Gasteiger partial charge < -0.3 is 9.80 Å². The van der Waals surface area contributed by atoms with E-state index < -0.39 is 0 Å². The SMILES string of the molecule is Fc1ccc(-c2nc(-c3ccccc3)c(/N=C(/c3ccccc3)N3CCN(c4ccc(F)cc4)CC3)s2)cc1. The van der Waals surface area contributed by atoms with Crippen molar-refractivity contribution in [3.05, 3.63) is 126 Å². The van der Waals surface area contributed by atoms with Crippen LogP contribution in [0.15, 0.2) is 114 Å². The van der Waals surface area contributed by atoms with Gasteiger partial charge in [-0.25, -0.2) is 18.8 Å². The molecular formula is C32H26F2N4S. The van der Waals surface area contributed by atoms with Crippen LogP contribution in [0, 0.1) is 11.6 Å². The molecule has 1 saturated heterocycles. The molecule has 4 nitrogen and oxygen atoms in total. The molecular weight excluding hydrogens is 510 g/mol. The second-order valence-electron chi connectivity index (χ2n) is 9.30. The van der Waals surface area contributed by atoms with Crippen molar-refractivity contribution in [3.63, 3.8) is 0 Å². The summed E-state index contributed by atoms with van der Waals surface area (Å²) in [5.74, 6) is 0.387. The summed E-state index contributed by atoms with van der Waals surface area (Å²) in [5, 5.41) is 1.60. The molecule has 0 aliphatic carbocycles. The summed E-state index contributed by atoms with van der Waals surface area (Å²) in [6.07, 6.45) is 0. The van der Waals surface area contributed by atoms with Crippen molar-refractivity contribution >= 4 is 27.9 Å². The summed E-state index contributed by atoms with van der Waals surface area (Å²) in [7, 11) is 0. The molecule has 5 aromatic rings. The predicted molar refractivity (Wildman–Crippen MR) is 156 cm³/mol. The number of rotatable bonds is 5. The van der Waals surface area contributed by atoms with Gasteiger partial charge in [0.2, 0.25) is 0 Å². The van der Waals surface area contributed by atoms with Crippen LogP contribution in [0.1, 0.15) is 5.56 Å². The van der Waals surface area contributed by atoms with Crippen LogP contribution >= 0.6 is 11.3 Å². The molecule has 0 saturated carbocycles. The number of thiazole rings is 1. The average Bonchev–Trinajstić information content (AvgIpc) is 3.42. The fraction of sp³-hybridized carbons (Fsp3) is 0.125. The normalized spacial score (nSPS) is 14.1. The Morgan fingerprint density at radius 1 is 0.667 bits per heavy atom. The molecule has 1 aromatic heterocycles. The fourth-order valence-electron chi connectivity index (χ4n) is 4.72. The number of halogens is 2. The number of piperazine rings is 1. The maximum Gasteiger partial charge on any atom is 0.146 e. The average molecular weight is 537 g/mol. The zero-order chi connectivity index (χ0) is 26.6. The first-order valence-corrected chi connectivity index (χ1v) is 13.7. The lowest BCUT2D eigenvalue weighted by atomic mass is 10.1. The highest BCUT2D eigenvalue weighted by Crippen LogP contribution is 2.40. The maximum absolute atomic E-state index is 13.6. The molecule has 7 heteroatoms. The topological polar surface area (TPSA) is 31.7 Å². The lowest BCUT2D eigenvalue weighted by molar-refractivity contribution is 0.386. The van der Waals surface area contributed by atoms with Gasteiger partial charge in [0.05, 0.1) is 0 Å². The van der Waals surface area contributed by atoms with Crippen molar-refractivity contribution in [2.75, 3.05) is 31.1 Å². The molecule has 194 valence electrons. The number of benzene rings is 4. The first-order chi connectivity index (χ1) is 19.1. The van der Waals surface area contributed by atoms with E-state index in [4.69, 9.17) is 9.98 Å². The number of hydrogen-bond acceptors (Lipinski definition) is 4. The third-order valence-electron chi connectivity index (χ3n) is 6.76. The second kappa shape index (κ2) is 11.2. The van der Waals surface area contributed by atoms with Gasteiger partial charge in [0.25, 0.3) is 0 Å². The van der Waals surface area contributed by atoms with Gasteiger partial charge in [0, 0.05) is 48.6 Å². The van der Waals surface area contributed by atoms with E-state index in [1.165, 1.54) is 35.6 Å². The molecule has 0 atom stereocenters. The van der Waals surface area contributed by atoms with Crippen LogP contribution in [0.3, 0.4) is 0 Å². The summed E-state index contributed by atoms with van der Waals surface area (Å²) in [6.45, 7) is 3.14. The Labute approximate surface area is 230 Å². The van der Waals surface area contributed by atoms with E-state index in [1.807, 2.05) is 60.7 Å². The van der Waals surface area contributed by atoms with E-state index in [9.17, 15) is 8.78 Å². The lowest BCUT2D eigenvalue weighted by Gasteiger charge is -2.37. The fourth-order valence-corrected chi connectivity index (χ4v) is 5.68. The largest absolute Gasteiger partial charge is 0.368 e. The van der Waals surface area contributed by atoms with Gasteiger partial charge in [0.1, 0.15) is 33.2 Å². The number of amidine groups is 1. The number of aliphatic imine (C=N–C) groups is 1. The highest BCUT2D eigenvalue weighted by atomic mass is 32.1. The van der Waals surface area contributed by atoms with Crippen LogP contribution in [0.25, 0.3) is 21.8 Å². The first kappa shape index (κ1) is 24.9. The Balaban J connectivity index is 1.38. The third kappa shape index (κ3) is 5.59. The monoisotopic (exact) mass is 536 g/mol. The van der Waals surface area contributed by atoms with E-state index in [-0.39, 0.29) is 11.6 Å². The molecule has 0 spiro atoms. The van der Waals surface area contributed by atoms with Crippen molar-refractivity contribution in [1.29, 1.82) is 0 Å². The van der Waals surface area contributed by atoms with Crippen LogP contribution < -0.4 is 4.90 Å². The van der Waals surface area contributed by atoms with Crippen LogP contribution in [0.4, 0.5) is 19.5 Å². The van der Waals surface area contributed by atoms with Gasteiger partial charge in [-0.1, -0.05) is 72.0 Å². The standard InChI is InChI=1S/C32H26F2N4S/c33-26-13-11-25(12-14-26)31-35-29(23-7-3-1-4-8-23)32(39-31)36-30(24-9-5-2-6-10-24)38-21-19-37(20-22-38)28-17-15-27(34)16-18-28/h1-18H,19-22H2/b36-30-. The quantitative estimate of drug-likeness (QED) is 0.171. The Hall–Kier alpha value is -4.36. The van der Waals surface area contributed by atoms with E-state index in [0.29, 0.717) is 0 Å². The van der Waals surface area contributed by atoms with Gasteiger partial charge >= 0.3 is 0 Å². The van der Waals surface area contributed by atoms with Crippen molar-refractivity contribution < 1.29 is 8.78 Å². The number of nitrogens with zero attached hydrogens (tertiary/aromatic N) is 4. The minimum atomic E-state index is -0.275. The second-order valence-corrected chi connectivity index (χ2v) is 10.3. The van der Waals surface area contributed by atoms with E-state index in [0.717, 1.165) is 70.1 Å². The third-order valence-corrected chi connectivity index (χ3v) is 7.76. The summed E-state index contributed by atoms with van der Waals surface area (Å²) in [4.78, 5) is 14.8. The molecule has 0 radical (unpaired) electrons. The smallest absolute Gasteiger partial charge is 0.146 e. The van der Waals surface area contributed by atoms with E-state index >= 15 is 0 Å².